The molecule has 0 aromatic heterocycles. The van der Waals surface area contributed by atoms with Gasteiger partial charge in [-0.2, -0.15) is 0 Å². The van der Waals surface area contributed by atoms with E-state index in [-0.39, 0.29) is 5.41 Å². The molecule has 0 radical (unpaired) electrons. The summed E-state index contributed by atoms with van der Waals surface area (Å²) in [5.41, 5.74) is 23.2. The molecule has 0 saturated carbocycles. The molecule has 4 aliphatic carbocycles. The van der Waals surface area contributed by atoms with Gasteiger partial charge in [-0.05, 0) is 148 Å². The van der Waals surface area contributed by atoms with E-state index in [9.17, 15) is 0 Å². The molecule has 286 valence electrons. The standard InChI is InChI=1S/C58H49N/c1-3-17-47-40(2)30-33-42(48(47)36-37-59-56-29-15-13-26-52(56)53-27-16-19-44-39-43-18-10-11-24-49(43)57(44)53)34-31-41-32-35-51-50-25-12-14-28-54(50)58(55(51)38-41,45-20-6-4-7-21-45)46-22-8-5-9-23-46/h3-4,6-8,11-17,19-38,59H,5,9-10,18,39H2,1-2H3/b17-3-,34-31-,37-36+. The van der Waals surface area contributed by atoms with Gasteiger partial charge in [0.15, 0.2) is 0 Å². The van der Waals surface area contributed by atoms with Gasteiger partial charge in [-0.25, -0.2) is 0 Å². The summed E-state index contributed by atoms with van der Waals surface area (Å²) in [6, 6.07) is 47.3. The minimum absolute atomic E-state index is 0.376. The SMILES string of the molecule is C/C=C\c1c(C)ccc(/C=C\c2ccc3c(c2)C(C2=CCCC=C2)(c2ccccc2)c2ccccc2-3)c1/C=C/Nc1ccccc1-c1cccc2c1C1=C(CCC=C1)C2. The van der Waals surface area contributed by atoms with E-state index < -0.39 is 0 Å². The van der Waals surface area contributed by atoms with Crippen molar-refractivity contribution in [2.24, 2.45) is 0 Å². The zero-order valence-electron chi connectivity index (χ0n) is 34.0. The third-order valence-electron chi connectivity index (χ3n) is 12.8. The number of anilines is 1. The van der Waals surface area contributed by atoms with E-state index in [1.165, 1.54) is 89.0 Å². The predicted molar refractivity (Wildman–Crippen MR) is 253 cm³/mol. The van der Waals surface area contributed by atoms with Gasteiger partial charge < -0.3 is 5.32 Å². The van der Waals surface area contributed by atoms with E-state index in [2.05, 4.69) is 214 Å². The van der Waals surface area contributed by atoms with E-state index in [4.69, 9.17) is 0 Å². The molecular weight excluding hydrogens is 711 g/mol. The molecule has 59 heavy (non-hydrogen) atoms. The molecule has 0 saturated heterocycles. The van der Waals surface area contributed by atoms with Gasteiger partial charge in [0, 0.05) is 17.5 Å². The maximum atomic E-state index is 3.73. The number of hydrogen-bond donors (Lipinski definition) is 1. The van der Waals surface area contributed by atoms with Gasteiger partial charge in [0.05, 0.1) is 5.41 Å². The smallest absolute Gasteiger partial charge is 0.0710 e. The molecule has 1 nitrogen and oxygen atoms in total. The van der Waals surface area contributed by atoms with Crippen LogP contribution in [0.15, 0.2) is 181 Å². The molecule has 4 aliphatic rings. The molecule has 0 aliphatic heterocycles. The number of rotatable bonds is 9. The Morgan fingerprint density at radius 2 is 1.41 bits per heavy atom. The lowest BCUT2D eigenvalue weighted by Gasteiger charge is -2.35. The number of benzene rings is 6. The number of hydrogen-bond acceptors (Lipinski definition) is 1. The molecule has 10 rings (SSSR count). The first kappa shape index (κ1) is 36.6. The van der Waals surface area contributed by atoms with Gasteiger partial charge >= 0.3 is 0 Å². The van der Waals surface area contributed by atoms with Crippen LogP contribution in [0.25, 0.3) is 52.1 Å². The quantitative estimate of drug-likeness (QED) is 0.145. The Morgan fingerprint density at radius 1 is 0.610 bits per heavy atom. The first-order valence-electron chi connectivity index (χ1n) is 21.3. The second kappa shape index (κ2) is 15.6. The lowest BCUT2D eigenvalue weighted by Crippen LogP contribution is -2.29. The van der Waals surface area contributed by atoms with E-state index in [1.807, 2.05) is 0 Å². The molecule has 6 aromatic carbocycles. The Kier molecular flexibility index (Phi) is 9.67. The van der Waals surface area contributed by atoms with Gasteiger partial charge in [-0.1, -0.05) is 176 Å². The summed E-state index contributed by atoms with van der Waals surface area (Å²) in [4.78, 5) is 0. The highest BCUT2D eigenvalue weighted by atomic mass is 14.8. The second-order valence-electron chi connectivity index (χ2n) is 16.2. The molecule has 0 heterocycles. The fourth-order valence-electron chi connectivity index (χ4n) is 10.2. The zero-order chi connectivity index (χ0) is 39.8. The van der Waals surface area contributed by atoms with Crippen LogP contribution in [0, 0.1) is 6.92 Å². The third kappa shape index (κ3) is 6.33. The van der Waals surface area contributed by atoms with Gasteiger partial charge in [0.1, 0.15) is 0 Å². The van der Waals surface area contributed by atoms with E-state index in [1.54, 1.807) is 5.57 Å². The summed E-state index contributed by atoms with van der Waals surface area (Å²) in [5, 5.41) is 3.73. The molecule has 0 amide bonds. The van der Waals surface area contributed by atoms with E-state index >= 15 is 0 Å². The summed E-state index contributed by atoms with van der Waals surface area (Å²) in [6.45, 7) is 4.31. The summed E-state index contributed by atoms with van der Waals surface area (Å²) in [6.07, 6.45) is 30.7. The Bertz CT molecular complexity index is 2830. The van der Waals surface area contributed by atoms with Crippen LogP contribution < -0.4 is 5.32 Å². The number of para-hydroxylation sites is 1. The Hall–Kier alpha value is -6.70. The molecule has 0 fully saturated rings. The molecular formula is C58H49N. The summed E-state index contributed by atoms with van der Waals surface area (Å²) >= 11 is 0. The van der Waals surface area contributed by atoms with Crippen LogP contribution in [0.5, 0.6) is 0 Å². The van der Waals surface area contributed by atoms with Crippen molar-refractivity contribution in [3.8, 4) is 22.3 Å². The van der Waals surface area contributed by atoms with Crippen molar-refractivity contribution < 1.29 is 0 Å². The van der Waals surface area contributed by atoms with Crippen LogP contribution in [0.3, 0.4) is 0 Å². The van der Waals surface area contributed by atoms with Crippen molar-refractivity contribution in [3.63, 3.8) is 0 Å². The highest BCUT2D eigenvalue weighted by Crippen LogP contribution is 2.57. The van der Waals surface area contributed by atoms with Gasteiger partial charge in [0.2, 0.25) is 0 Å². The van der Waals surface area contributed by atoms with Crippen LogP contribution in [0.1, 0.15) is 88.2 Å². The van der Waals surface area contributed by atoms with Crippen LogP contribution in [-0.2, 0) is 11.8 Å². The van der Waals surface area contributed by atoms with E-state index in [0.717, 1.165) is 37.8 Å². The Balaban J connectivity index is 1.02. The van der Waals surface area contributed by atoms with Crippen molar-refractivity contribution in [1.82, 2.24) is 0 Å². The first-order chi connectivity index (χ1) is 29.1. The van der Waals surface area contributed by atoms with Gasteiger partial charge in [-0.3, -0.25) is 0 Å². The zero-order valence-corrected chi connectivity index (χ0v) is 34.0. The molecule has 0 spiro atoms. The predicted octanol–water partition coefficient (Wildman–Crippen LogP) is 15.2. The molecule has 0 bridgehead atoms. The Labute approximate surface area is 349 Å². The van der Waals surface area contributed by atoms with Crippen LogP contribution in [0.2, 0.25) is 0 Å². The number of fused-ring (bicyclic) bond motifs is 5. The maximum absolute atomic E-state index is 3.73. The van der Waals surface area contributed by atoms with Crippen LogP contribution in [0.4, 0.5) is 5.69 Å². The lowest BCUT2D eigenvalue weighted by atomic mass is 9.66. The van der Waals surface area contributed by atoms with Gasteiger partial charge in [-0.15, -0.1) is 0 Å². The largest absolute Gasteiger partial charge is 0.361 e. The van der Waals surface area contributed by atoms with Crippen molar-refractivity contribution in [3.05, 3.63) is 237 Å². The highest BCUT2D eigenvalue weighted by molar-refractivity contribution is 5.95. The fraction of sp³-hybridized carbons (Fsp3) is 0.138. The lowest BCUT2D eigenvalue weighted by molar-refractivity contribution is 0.751. The molecule has 1 atom stereocenters. The molecule has 6 aromatic rings. The molecule has 1 N–H and O–H groups in total. The van der Waals surface area contributed by atoms with Crippen molar-refractivity contribution >= 4 is 35.6 Å². The number of nitrogens with one attached hydrogen (secondary N) is 1. The van der Waals surface area contributed by atoms with Crippen LogP contribution in [-0.4, -0.2) is 0 Å². The second-order valence-corrected chi connectivity index (χ2v) is 16.2. The van der Waals surface area contributed by atoms with E-state index in [0.29, 0.717) is 0 Å². The minimum atomic E-state index is -0.376. The first-order valence-corrected chi connectivity index (χ1v) is 21.3. The van der Waals surface area contributed by atoms with Crippen molar-refractivity contribution in [2.75, 3.05) is 5.32 Å². The average Bonchev–Trinajstić information content (AvgIpc) is 3.82. The van der Waals surface area contributed by atoms with Crippen molar-refractivity contribution in [2.45, 2.75) is 51.4 Å². The number of allylic oxidation sites excluding steroid dienone is 9. The molecule has 1 unspecified atom stereocenters. The maximum Gasteiger partial charge on any atom is 0.0710 e. The fourth-order valence-corrected chi connectivity index (χ4v) is 10.2. The third-order valence-corrected chi connectivity index (χ3v) is 12.8. The van der Waals surface area contributed by atoms with Gasteiger partial charge in [0.25, 0.3) is 0 Å². The number of aryl methyl sites for hydroxylation is 1. The topological polar surface area (TPSA) is 12.0 Å². The molecule has 1 heteroatoms. The summed E-state index contributed by atoms with van der Waals surface area (Å²) in [7, 11) is 0. The minimum Gasteiger partial charge on any atom is -0.361 e. The van der Waals surface area contributed by atoms with Crippen LogP contribution >= 0.6 is 0 Å². The monoisotopic (exact) mass is 759 g/mol. The summed E-state index contributed by atoms with van der Waals surface area (Å²) in [5.74, 6) is 0. The normalized spacial score (nSPS) is 17.8. The average molecular weight is 760 g/mol. The highest BCUT2D eigenvalue weighted by Gasteiger charge is 2.46. The Morgan fingerprint density at radius 3 is 2.27 bits per heavy atom. The van der Waals surface area contributed by atoms with Crippen molar-refractivity contribution in [1.29, 1.82) is 0 Å². The summed E-state index contributed by atoms with van der Waals surface area (Å²) < 4.78 is 0.